The number of methoxy groups -OCH3 is 1. The van der Waals surface area contributed by atoms with E-state index in [1.807, 2.05) is 0 Å². The summed E-state index contributed by atoms with van der Waals surface area (Å²) >= 11 is 2.29. The van der Waals surface area contributed by atoms with E-state index < -0.39 is 11.6 Å². The Labute approximate surface area is 189 Å². The molecule has 0 radical (unpaired) electrons. The number of nitrogens with two attached hydrogens (primary N) is 1. The average molecular weight is 475 g/mol. The monoisotopic (exact) mass is 474 g/mol. The van der Waals surface area contributed by atoms with Gasteiger partial charge in [-0.15, -0.1) is 21.5 Å². The van der Waals surface area contributed by atoms with Gasteiger partial charge in [0.1, 0.15) is 5.75 Å². The largest absolute Gasteiger partial charge is 0.497 e. The zero-order valence-electron chi connectivity index (χ0n) is 16.6. The molecule has 4 rings (SSSR count). The highest BCUT2D eigenvalue weighted by atomic mass is 32.2. The molecular weight excluding hydrogens is 458 g/mol. The number of nitrogens with zero attached hydrogens (tertiary/aromatic N) is 4. The quantitative estimate of drug-likeness (QED) is 0.310. The zero-order valence-corrected chi connectivity index (χ0v) is 18.2. The molecule has 4 aromatic rings. The van der Waals surface area contributed by atoms with Gasteiger partial charge in [-0.1, -0.05) is 11.8 Å². The van der Waals surface area contributed by atoms with Crippen molar-refractivity contribution in [2.45, 2.75) is 5.16 Å². The van der Waals surface area contributed by atoms with Crippen molar-refractivity contribution < 1.29 is 18.3 Å². The second kappa shape index (κ2) is 9.32. The fourth-order valence-corrected chi connectivity index (χ4v) is 4.11. The normalized spacial score (nSPS) is 10.8. The lowest BCUT2D eigenvalue weighted by atomic mass is 10.2. The maximum absolute atomic E-state index is 13.4. The van der Waals surface area contributed by atoms with Crippen LogP contribution in [-0.2, 0) is 4.79 Å². The van der Waals surface area contributed by atoms with Gasteiger partial charge in [-0.3, -0.25) is 4.79 Å². The van der Waals surface area contributed by atoms with Crippen LogP contribution in [0.4, 0.5) is 13.9 Å². The van der Waals surface area contributed by atoms with Gasteiger partial charge in [-0.2, -0.15) is 0 Å². The number of thioether (sulfide) groups is 1. The van der Waals surface area contributed by atoms with Crippen LogP contribution in [0.5, 0.6) is 5.75 Å². The number of anilines is 1. The van der Waals surface area contributed by atoms with Gasteiger partial charge in [0.25, 0.3) is 0 Å². The first kappa shape index (κ1) is 21.7. The average Bonchev–Trinajstić information content (AvgIpc) is 3.41. The molecule has 0 aliphatic carbocycles. The molecule has 0 saturated carbocycles. The second-order valence-corrected chi connectivity index (χ2v) is 8.21. The van der Waals surface area contributed by atoms with Crippen molar-refractivity contribution in [1.82, 2.24) is 19.9 Å². The van der Waals surface area contributed by atoms with Crippen molar-refractivity contribution >= 4 is 34.1 Å². The molecule has 0 aliphatic heterocycles. The van der Waals surface area contributed by atoms with E-state index in [-0.39, 0.29) is 11.7 Å². The van der Waals surface area contributed by atoms with Crippen molar-refractivity contribution in [3.63, 3.8) is 0 Å². The number of amides is 1. The molecule has 0 unspecified atom stereocenters. The molecule has 0 fully saturated rings. The number of carbonyl (C=O) groups is 1. The van der Waals surface area contributed by atoms with Crippen LogP contribution in [0.25, 0.3) is 22.6 Å². The molecular formula is C20H16F2N6O2S2. The van der Waals surface area contributed by atoms with Gasteiger partial charge in [-0.25, -0.2) is 18.4 Å². The van der Waals surface area contributed by atoms with Crippen LogP contribution in [0.15, 0.2) is 53.0 Å². The third kappa shape index (κ3) is 4.70. The van der Waals surface area contributed by atoms with Crippen molar-refractivity contribution in [2.24, 2.45) is 0 Å². The van der Waals surface area contributed by atoms with Crippen LogP contribution >= 0.6 is 23.1 Å². The summed E-state index contributed by atoms with van der Waals surface area (Å²) in [4.78, 5) is 16.5. The number of aromatic nitrogens is 4. The Morgan fingerprint density at radius 3 is 2.62 bits per heavy atom. The Balaban J connectivity index is 1.37. The maximum Gasteiger partial charge on any atom is 0.236 e. The number of benzene rings is 2. The number of nitrogen functional groups attached to an aromatic ring is 1. The number of thiazole rings is 1. The van der Waals surface area contributed by atoms with Crippen LogP contribution in [0, 0.1) is 11.6 Å². The first-order chi connectivity index (χ1) is 15.4. The number of hydrogen-bond acceptors (Lipinski definition) is 8. The highest BCUT2D eigenvalue weighted by Gasteiger charge is 2.15. The minimum absolute atomic E-state index is 0.0258. The van der Waals surface area contributed by atoms with Crippen molar-refractivity contribution in [3.05, 3.63) is 59.5 Å². The van der Waals surface area contributed by atoms with E-state index in [9.17, 15) is 13.6 Å². The highest BCUT2D eigenvalue weighted by Crippen LogP contribution is 2.27. The molecule has 32 heavy (non-hydrogen) atoms. The topological polar surface area (TPSA) is 108 Å². The van der Waals surface area contributed by atoms with Crippen LogP contribution in [0.1, 0.15) is 0 Å². The van der Waals surface area contributed by atoms with E-state index >= 15 is 0 Å². The Morgan fingerprint density at radius 1 is 1.16 bits per heavy atom. The molecule has 1 amide bonds. The number of halogens is 2. The van der Waals surface area contributed by atoms with Crippen LogP contribution in [0.2, 0.25) is 0 Å². The number of rotatable bonds is 7. The van der Waals surface area contributed by atoms with Crippen molar-refractivity contribution in [1.29, 1.82) is 0 Å². The van der Waals surface area contributed by atoms with E-state index in [0.717, 1.165) is 29.5 Å². The molecule has 2 aromatic heterocycles. The van der Waals surface area contributed by atoms with E-state index in [1.165, 1.54) is 22.1 Å². The van der Waals surface area contributed by atoms with Crippen LogP contribution in [-0.4, -0.2) is 38.6 Å². The summed E-state index contributed by atoms with van der Waals surface area (Å²) in [5.41, 5.74) is 1.60. The van der Waals surface area contributed by atoms with E-state index in [1.54, 1.807) is 36.8 Å². The second-order valence-electron chi connectivity index (χ2n) is 6.41. The van der Waals surface area contributed by atoms with E-state index in [4.69, 9.17) is 10.6 Å². The minimum atomic E-state index is -0.961. The van der Waals surface area contributed by atoms with Gasteiger partial charge >= 0.3 is 0 Å². The lowest BCUT2D eigenvalue weighted by Gasteiger charge is -2.05. The molecule has 12 heteroatoms. The Kier molecular flexibility index (Phi) is 6.32. The Morgan fingerprint density at radius 2 is 1.91 bits per heavy atom. The van der Waals surface area contributed by atoms with Crippen LogP contribution < -0.4 is 15.9 Å². The predicted molar refractivity (Wildman–Crippen MR) is 119 cm³/mol. The summed E-state index contributed by atoms with van der Waals surface area (Å²) in [6, 6.07) is 10.7. The number of ether oxygens (including phenoxy) is 1. The van der Waals surface area contributed by atoms with Gasteiger partial charge in [0.2, 0.25) is 11.1 Å². The first-order valence-electron chi connectivity index (χ1n) is 9.13. The SMILES string of the molecule is COc1ccc(-c2nnc(SCC(=O)Nc3nc(-c4ccc(F)c(F)c4)cs3)n2N)cc1. The van der Waals surface area contributed by atoms with Crippen molar-refractivity contribution in [3.8, 4) is 28.4 Å². The predicted octanol–water partition coefficient (Wildman–Crippen LogP) is 3.80. The van der Waals surface area contributed by atoms with Gasteiger partial charge in [0, 0.05) is 16.5 Å². The standard InChI is InChI=1S/C20H16F2N6O2S2/c1-30-13-5-2-11(3-6-13)18-26-27-20(28(18)23)32-10-17(29)25-19-24-16(9-31-19)12-4-7-14(21)15(22)8-12/h2-9H,10,23H2,1H3,(H,24,25,29). The summed E-state index contributed by atoms with van der Waals surface area (Å²) in [6.45, 7) is 0. The summed E-state index contributed by atoms with van der Waals surface area (Å²) in [5.74, 6) is 5.04. The fourth-order valence-electron chi connectivity index (χ4n) is 2.72. The number of carbonyl (C=O) groups excluding carboxylic acids is 1. The highest BCUT2D eigenvalue weighted by molar-refractivity contribution is 7.99. The molecule has 0 saturated heterocycles. The summed E-state index contributed by atoms with van der Waals surface area (Å²) in [7, 11) is 1.58. The smallest absolute Gasteiger partial charge is 0.236 e. The molecule has 0 aliphatic rings. The van der Waals surface area contributed by atoms with E-state index in [2.05, 4.69) is 20.5 Å². The molecule has 0 bridgehead atoms. The summed E-state index contributed by atoms with van der Waals surface area (Å²) in [5, 5.41) is 13.1. The molecule has 8 nitrogen and oxygen atoms in total. The molecule has 0 atom stereocenters. The van der Waals surface area contributed by atoms with Gasteiger partial charge < -0.3 is 15.9 Å². The fraction of sp³-hybridized carbons (Fsp3) is 0.100. The maximum atomic E-state index is 13.4. The molecule has 2 aromatic carbocycles. The van der Waals surface area contributed by atoms with E-state index in [0.29, 0.717) is 33.1 Å². The molecule has 3 N–H and O–H groups in total. The lowest BCUT2D eigenvalue weighted by molar-refractivity contribution is -0.113. The Hall–Kier alpha value is -3.51. The third-order valence-electron chi connectivity index (χ3n) is 4.31. The number of nitrogens with one attached hydrogen (secondary N) is 1. The summed E-state index contributed by atoms with van der Waals surface area (Å²) in [6.07, 6.45) is 0. The number of hydrogen-bond donors (Lipinski definition) is 2. The molecule has 0 spiro atoms. The molecule has 2 heterocycles. The van der Waals surface area contributed by atoms with Gasteiger partial charge in [-0.05, 0) is 42.5 Å². The molecule has 164 valence electrons. The van der Waals surface area contributed by atoms with Crippen molar-refractivity contribution in [2.75, 3.05) is 24.0 Å². The lowest BCUT2D eigenvalue weighted by Crippen LogP contribution is -2.16. The first-order valence-corrected chi connectivity index (χ1v) is 11.0. The Bertz CT molecular complexity index is 1260. The summed E-state index contributed by atoms with van der Waals surface area (Å²) < 4.78 is 33.0. The van der Waals surface area contributed by atoms with Crippen LogP contribution in [0.3, 0.4) is 0 Å². The van der Waals surface area contributed by atoms with Gasteiger partial charge in [0.05, 0.1) is 18.6 Å². The zero-order chi connectivity index (χ0) is 22.7. The van der Waals surface area contributed by atoms with Gasteiger partial charge in [0.15, 0.2) is 22.6 Å². The minimum Gasteiger partial charge on any atom is -0.497 e. The third-order valence-corrected chi connectivity index (χ3v) is 6.01.